The number of hydrogen-bond donors (Lipinski definition) is 0. The number of rotatable bonds is 57. The van der Waals surface area contributed by atoms with Gasteiger partial charge in [-0.05, 0) is 405 Å². The van der Waals surface area contributed by atoms with Crippen LogP contribution in [0.4, 0.5) is 0 Å². The molecule has 708 valence electrons. The van der Waals surface area contributed by atoms with Crippen LogP contribution in [0.5, 0.6) is 0 Å². The van der Waals surface area contributed by atoms with Crippen LogP contribution in [0, 0.1) is 0 Å². The summed E-state index contributed by atoms with van der Waals surface area (Å²) in [5.41, 5.74) is 0. The monoisotopic (exact) mass is 3770 g/mol. The van der Waals surface area contributed by atoms with Crippen LogP contribution in [0.1, 0.15) is 0 Å². The van der Waals surface area contributed by atoms with Gasteiger partial charge < -0.3 is 0 Å². The Morgan fingerprint density at radius 3 is 0.161 bits per heavy atom. The minimum absolute atomic E-state index is 0.510. The summed E-state index contributed by atoms with van der Waals surface area (Å²) in [6.45, 7) is -32.6. The second-order valence-electron chi connectivity index (χ2n) is 18.8. The van der Waals surface area contributed by atoms with E-state index in [1.807, 2.05) is 0 Å². The average Bonchev–Trinajstić information content (AvgIpc) is 0.701. The smallest absolute Gasteiger partial charge is 0.000000180 e. The van der Waals surface area contributed by atoms with Gasteiger partial charge in [0.1, 0.15) is 0 Å². The summed E-state index contributed by atoms with van der Waals surface area (Å²) < 4.78 is 0. The van der Waals surface area contributed by atoms with Crippen LogP contribution in [0.25, 0.3) is 0 Å². The maximum atomic E-state index is 5.10. The molecule has 2 radical (unpaired) electrons. The van der Waals surface area contributed by atoms with Crippen LogP contribution in [0.15, 0.2) is 0 Å². The van der Waals surface area contributed by atoms with Gasteiger partial charge in [0.05, 0.1) is 0 Å². The summed E-state index contributed by atoms with van der Waals surface area (Å²) in [7, 11) is 236. The van der Waals surface area contributed by atoms with E-state index in [0.29, 0.717) is 0 Å². The molecule has 0 aliphatic heterocycles. The Hall–Kier alpha value is 50.7. The van der Waals surface area contributed by atoms with Crippen molar-refractivity contribution >= 4 is 941 Å². The Labute approximate surface area is 925 Å². The molecule has 0 saturated carbocycles. The van der Waals surface area contributed by atoms with Gasteiger partial charge in [-0.2, -0.15) is 0 Å². The lowest BCUT2D eigenvalue weighted by Gasteiger charge is -2.65. The molecule has 0 nitrogen and oxygen atoms in total. The minimum atomic E-state index is -0.820. The van der Waals surface area contributed by atoms with Gasteiger partial charge in [0.2, 0.25) is 0 Å². The maximum absolute atomic E-state index is 5.10. The van der Waals surface area contributed by atoms with E-state index in [1.54, 1.807) is 0 Å². The molecule has 0 saturated heterocycles. The fraction of sp³-hybridized carbons (Fsp3) is 0. The lowest BCUT2D eigenvalue weighted by atomic mass is 28.3. The van der Waals surface area contributed by atoms with Gasteiger partial charge in [0.25, 0.3) is 0 Å². The third kappa shape index (κ3) is 59.0. The predicted molar refractivity (Wildman–Crippen MR) is 981 cm³/mol. The van der Waals surface area contributed by atoms with Gasteiger partial charge in [0, 0.05) is 0 Å². The van der Waals surface area contributed by atoms with Crippen LogP contribution in [0.2, 0.25) is 0 Å². The normalized spacial score (nSPS) is 15.3. The Morgan fingerprint density at radius 1 is 0.0678 bits per heavy atom. The topological polar surface area (TPSA) is 0 Å². The van der Waals surface area contributed by atoms with Gasteiger partial charge in [-0.25, -0.2) is 0 Å². The molecule has 0 aliphatic rings. The fourth-order valence-electron chi connectivity index (χ4n) is 7.32. The summed E-state index contributed by atoms with van der Waals surface area (Å²) in [6.07, 6.45) is 0. The summed E-state index contributed by atoms with van der Waals surface area (Å²) in [4.78, 5) is 0. The summed E-state index contributed by atoms with van der Waals surface area (Å²) in [5, 5.41) is 0. The minimum Gasteiger partial charge on any atom is -0.102 e. The van der Waals surface area contributed by atoms with Crippen molar-refractivity contribution in [2.45, 2.75) is 0 Å². The lowest BCUT2D eigenvalue weighted by Crippen LogP contribution is -1.78. The molecule has 0 aromatic carbocycles. The lowest BCUT2D eigenvalue weighted by molar-refractivity contribution is 4.28. The van der Waals surface area contributed by atoms with Crippen molar-refractivity contribution in [2.75, 3.05) is 0 Å². The van der Waals surface area contributed by atoms with Crippen molar-refractivity contribution in [3.8, 4) is 0 Å². The Kier molecular flexibility index (Phi) is 132. The maximum Gasteiger partial charge on any atom is -0.000000180 e. The molecule has 62 unspecified atom stereocenters. The molecule has 0 rings (SSSR count). The summed E-state index contributed by atoms with van der Waals surface area (Å²) >= 11 is 0. The molecule has 62 atom stereocenters. The van der Waals surface area contributed by atoms with E-state index >= 15 is 0 Å². The van der Waals surface area contributed by atoms with E-state index < -0.39 is 405 Å². The molecule has 0 amide bonds. The van der Waals surface area contributed by atoms with E-state index in [2.05, 4.69) is 518 Å². The second kappa shape index (κ2) is 92.3. The number of hydrogen-bond acceptors (Lipinski definition) is 0. The third-order valence-electron chi connectivity index (χ3n) is 10.5. The van der Waals surface area contributed by atoms with E-state index in [9.17, 15) is 0 Å². The van der Waals surface area contributed by atoms with E-state index in [4.69, 9.17) is 17.9 Å². The molecule has 0 N–H and O–H groups in total. The molecule has 0 aromatic rings. The van der Waals surface area contributed by atoms with Crippen molar-refractivity contribution in [1.29, 1.82) is 0 Å². The first-order chi connectivity index (χ1) is 53.6. The van der Waals surface area contributed by atoms with Crippen LogP contribution in [-0.4, -0.2) is 0 Å². The molecule has 0 aromatic heterocycles. The predicted octanol–water partition coefficient (Wildman–Crippen LogP) is 70.0. The van der Waals surface area contributed by atoms with Gasteiger partial charge >= 0.3 is 0 Å². The van der Waals surface area contributed by atoms with E-state index in [-0.39, 0.29) is 0 Å². The highest BCUT2D eigenvalue weighted by Gasteiger charge is 2.69. The quantitative estimate of drug-likeness (QED) is 0.0533. The average molecular weight is 3770 g/mol. The van der Waals surface area contributed by atoms with Crippen LogP contribution < -0.4 is 0 Å². The highest BCUT2D eigenvalue weighted by Crippen LogP contribution is 3.57. The highest BCUT2D eigenvalue weighted by molar-refractivity contribution is 9.62. The van der Waals surface area contributed by atoms with Crippen molar-refractivity contribution < 1.29 is 0 Å². The summed E-state index contributed by atoms with van der Waals surface area (Å²) in [6, 6.07) is 0. The molecule has 0 heterocycles. The first-order valence-corrected chi connectivity index (χ1v) is 241. The molecule has 118 heteroatoms. The van der Waals surface area contributed by atoms with Crippen LogP contribution >= 0.6 is 941 Å². The first-order valence-electron chi connectivity index (χ1n) is 26.8. The van der Waals surface area contributed by atoms with Gasteiger partial charge in [0.15, 0.2) is 0 Å². The Balaban J connectivity index is 16.4. The van der Waals surface area contributed by atoms with Crippen LogP contribution in [-0.2, 0) is 0 Å². The Morgan fingerprint density at radius 2 is 0.110 bits per heavy atom. The standard InChI is InChI=1S/H118P118/c1-61(2)91(62(3)4)106(92(63(5)6)64(7)8)113(105(89(57)58)90(59)60)117(114(107(93(65(9)10)66(11)12)94(67(13)14)68(15)16)108(95(69(17)18)70(19)20)96(71(21)22)72(23)24)118(115(109(97(73(25)26)74(27)28)98(75(29)30)76(31)32)110(99(77(33)34)78(35)36)100(79(37)38)80(39)40)116(111(101(81(41)42)82(43)44)102(83(45)46)84(47)48)112(103(85(49)50)86(51)52)104(87(53)54)88(55)56/h1-2H,3-60H2. The van der Waals surface area contributed by atoms with Crippen molar-refractivity contribution in [2.24, 2.45) is 0 Å². The van der Waals surface area contributed by atoms with Crippen molar-refractivity contribution in [3.05, 3.63) is 0 Å². The molecule has 0 bridgehead atoms. The molecule has 0 fully saturated rings. The molecule has 0 aliphatic carbocycles. The first kappa shape index (κ1) is 169. The molecule has 0 spiro atoms. The summed E-state index contributed by atoms with van der Waals surface area (Å²) in [5.74, 6) is 0. The van der Waals surface area contributed by atoms with Crippen LogP contribution in [0.3, 0.4) is 0 Å². The van der Waals surface area contributed by atoms with E-state index in [1.165, 1.54) is 0 Å². The zero-order valence-corrected chi connectivity index (χ0v) is 181. The van der Waals surface area contributed by atoms with Crippen molar-refractivity contribution in [1.82, 2.24) is 0 Å². The van der Waals surface area contributed by atoms with Gasteiger partial charge in [-0.3, -0.25) is 0 Å². The Bertz CT molecular complexity index is 2050. The van der Waals surface area contributed by atoms with Gasteiger partial charge in [-0.1, -0.05) is 17.9 Å². The van der Waals surface area contributed by atoms with Gasteiger partial charge in [-0.15, -0.1) is 518 Å². The fourth-order valence-corrected chi connectivity index (χ4v) is 1780. The zero-order valence-electron chi connectivity index (χ0n) is 60.4. The molecular formula is H118P118. The molecular weight excluding hydrogens is 3650 g/mol. The zero-order chi connectivity index (χ0) is 93.5. The SMILES string of the molecule is [PH]P([PH])P(P(P)P)P(P(P(P)P)P(P)P)P(P(P(P)P)P(P)P)P(P(P(P(P(P)P)P(P)P)P(P(P)P)P(P)P)P(P(P(P)P)P(P)P)P(P(P)P)P(P)P)P(P(P(P(P(P)P)P(P)P)P(P(P)P)P(P)P)P(P(P(P)P)P(P)P)P(P(P)P)P(P)P)P(P(P(P(P)P)P(P)P)P(P(P)P)P(P)P)P(P(P(P)P)P(P)P)P(P(P)P)P(P)P. The second-order valence-corrected chi connectivity index (χ2v) is 509. The third-order valence-corrected chi connectivity index (χ3v) is 850. The highest BCUT2D eigenvalue weighted by atomic mass is 33.7. The van der Waals surface area contributed by atoms with Crippen molar-refractivity contribution in [3.63, 3.8) is 0 Å². The molecule has 118 heavy (non-hydrogen) atoms. The van der Waals surface area contributed by atoms with E-state index in [0.717, 1.165) is 0 Å². The largest absolute Gasteiger partial charge is 0.102 e.